The Hall–Kier alpha value is -0.930. The van der Waals surface area contributed by atoms with Gasteiger partial charge in [0.05, 0.1) is 0 Å². The van der Waals surface area contributed by atoms with Crippen LogP contribution < -0.4 is 0 Å². The predicted molar refractivity (Wildman–Crippen MR) is 73.5 cm³/mol. The maximum atomic E-state index is 13.5. The van der Waals surface area contributed by atoms with E-state index >= 15 is 0 Å². The second-order valence-electron chi connectivity index (χ2n) is 5.94. The lowest BCUT2D eigenvalue weighted by atomic mass is 9.85. The van der Waals surface area contributed by atoms with E-state index in [0.29, 0.717) is 12.0 Å². The lowest BCUT2D eigenvalue weighted by Gasteiger charge is -2.40. The second-order valence-corrected chi connectivity index (χ2v) is 5.94. The number of rotatable bonds is 2. The van der Waals surface area contributed by atoms with Gasteiger partial charge in [-0.15, -0.1) is 0 Å². The molecule has 1 N–H and O–H groups in total. The normalized spacial score (nSPS) is 28.1. The summed E-state index contributed by atoms with van der Waals surface area (Å²) in [4.78, 5) is 2.46. The molecule has 3 rings (SSSR count). The molecule has 104 valence electrons. The largest absolute Gasteiger partial charge is 0.396 e. The van der Waals surface area contributed by atoms with Crippen LogP contribution in [0.4, 0.5) is 4.39 Å². The fraction of sp³-hybridized carbons (Fsp3) is 0.625. The van der Waals surface area contributed by atoms with Crippen LogP contribution >= 0.6 is 0 Å². The number of hydrogen-bond acceptors (Lipinski definition) is 2. The van der Waals surface area contributed by atoms with Crippen LogP contribution in [0.3, 0.4) is 0 Å². The average molecular weight is 263 g/mol. The summed E-state index contributed by atoms with van der Waals surface area (Å²) in [6.07, 6.45) is 5.64. The molecule has 2 atom stereocenters. The monoisotopic (exact) mass is 263 g/mol. The van der Waals surface area contributed by atoms with E-state index in [1.54, 1.807) is 12.1 Å². The molecule has 1 heterocycles. The number of benzene rings is 1. The van der Waals surface area contributed by atoms with Gasteiger partial charge in [0.1, 0.15) is 5.82 Å². The maximum absolute atomic E-state index is 13.5. The Balaban J connectivity index is 1.84. The predicted octanol–water partition coefficient (Wildman–Crippen LogP) is 2.91. The first-order chi connectivity index (χ1) is 9.28. The highest BCUT2D eigenvalue weighted by atomic mass is 19.1. The highest BCUT2D eigenvalue weighted by molar-refractivity contribution is 5.33. The molecule has 2 aliphatic rings. The van der Waals surface area contributed by atoms with E-state index < -0.39 is 0 Å². The van der Waals surface area contributed by atoms with Crippen molar-refractivity contribution in [3.8, 4) is 0 Å². The molecule has 1 aromatic rings. The van der Waals surface area contributed by atoms with Gasteiger partial charge >= 0.3 is 0 Å². The Morgan fingerprint density at radius 3 is 3.00 bits per heavy atom. The third-order valence-corrected chi connectivity index (χ3v) is 4.64. The molecule has 1 saturated heterocycles. The smallest absolute Gasteiger partial charge is 0.123 e. The SMILES string of the molecule is OCC1CCCN(C2CCCc3ccc(F)cc32)C1. The van der Waals surface area contributed by atoms with Crippen LogP contribution in [0.5, 0.6) is 0 Å². The Kier molecular flexibility index (Phi) is 3.85. The molecule has 2 unspecified atom stereocenters. The molecule has 1 aliphatic heterocycles. The summed E-state index contributed by atoms with van der Waals surface area (Å²) in [6, 6.07) is 5.61. The van der Waals surface area contributed by atoms with Crippen LogP contribution in [0.15, 0.2) is 18.2 Å². The van der Waals surface area contributed by atoms with Crippen molar-refractivity contribution in [3.63, 3.8) is 0 Å². The number of likely N-dealkylation sites (tertiary alicyclic amines) is 1. The number of halogens is 1. The number of aryl methyl sites for hydroxylation is 1. The van der Waals surface area contributed by atoms with Gasteiger partial charge in [-0.1, -0.05) is 6.07 Å². The van der Waals surface area contributed by atoms with Crippen LogP contribution in [0.25, 0.3) is 0 Å². The standard InChI is InChI=1S/C16H22FNO/c17-14-7-6-13-4-1-5-16(15(13)9-14)18-8-2-3-12(10-18)11-19/h6-7,9,12,16,19H,1-5,8,10-11H2. The van der Waals surface area contributed by atoms with Crippen LogP contribution in [0.1, 0.15) is 42.9 Å². The van der Waals surface area contributed by atoms with Gasteiger partial charge in [-0.25, -0.2) is 4.39 Å². The molecule has 2 nitrogen and oxygen atoms in total. The molecule has 0 saturated carbocycles. The van der Waals surface area contributed by atoms with E-state index in [1.165, 1.54) is 17.5 Å². The third-order valence-electron chi connectivity index (χ3n) is 4.64. The number of aliphatic hydroxyl groups excluding tert-OH is 1. The summed E-state index contributed by atoms with van der Waals surface area (Å²) in [5.41, 5.74) is 2.49. The molecule has 0 aromatic heterocycles. The molecular formula is C16H22FNO. The van der Waals surface area contributed by atoms with E-state index in [9.17, 15) is 9.50 Å². The van der Waals surface area contributed by atoms with Gasteiger partial charge in [0.15, 0.2) is 0 Å². The minimum absolute atomic E-state index is 0.124. The summed E-state index contributed by atoms with van der Waals surface area (Å²) < 4.78 is 13.5. The zero-order chi connectivity index (χ0) is 13.2. The first kappa shape index (κ1) is 13.1. The van der Waals surface area contributed by atoms with Crippen molar-refractivity contribution in [1.82, 2.24) is 4.90 Å². The molecule has 1 aliphatic carbocycles. The van der Waals surface area contributed by atoms with E-state index in [-0.39, 0.29) is 12.4 Å². The van der Waals surface area contributed by atoms with Gasteiger partial charge in [-0.3, -0.25) is 4.90 Å². The van der Waals surface area contributed by atoms with Crippen LogP contribution in [-0.2, 0) is 6.42 Å². The summed E-state index contributed by atoms with van der Waals surface area (Å²) in [6.45, 7) is 2.31. The van der Waals surface area contributed by atoms with Gasteiger partial charge in [0, 0.05) is 19.2 Å². The van der Waals surface area contributed by atoms with Gasteiger partial charge in [-0.05, 0) is 67.8 Å². The summed E-state index contributed by atoms with van der Waals surface area (Å²) >= 11 is 0. The molecule has 0 amide bonds. The Morgan fingerprint density at radius 1 is 1.26 bits per heavy atom. The fourth-order valence-corrected chi connectivity index (χ4v) is 3.65. The third kappa shape index (κ3) is 2.67. The van der Waals surface area contributed by atoms with Crippen molar-refractivity contribution in [1.29, 1.82) is 0 Å². The van der Waals surface area contributed by atoms with Crippen LogP contribution in [0, 0.1) is 11.7 Å². The minimum Gasteiger partial charge on any atom is -0.396 e. The van der Waals surface area contributed by atoms with Gasteiger partial charge < -0.3 is 5.11 Å². The topological polar surface area (TPSA) is 23.5 Å². The quantitative estimate of drug-likeness (QED) is 0.887. The van der Waals surface area contributed by atoms with Gasteiger partial charge in [0.2, 0.25) is 0 Å². The number of nitrogens with zero attached hydrogens (tertiary/aromatic N) is 1. The summed E-state index contributed by atoms with van der Waals surface area (Å²) in [5.74, 6) is 0.272. The van der Waals surface area contributed by atoms with Crippen molar-refractivity contribution in [3.05, 3.63) is 35.1 Å². The molecule has 0 bridgehead atoms. The average Bonchev–Trinajstić information content (AvgIpc) is 2.46. The highest BCUT2D eigenvalue weighted by Crippen LogP contribution is 2.36. The number of hydrogen-bond donors (Lipinski definition) is 1. The lowest BCUT2D eigenvalue weighted by molar-refractivity contribution is 0.0804. The van der Waals surface area contributed by atoms with Gasteiger partial charge in [0.25, 0.3) is 0 Å². The van der Waals surface area contributed by atoms with Crippen LogP contribution in [0.2, 0.25) is 0 Å². The Morgan fingerprint density at radius 2 is 2.16 bits per heavy atom. The number of aliphatic hydroxyl groups is 1. The van der Waals surface area contributed by atoms with Crippen molar-refractivity contribution in [2.24, 2.45) is 5.92 Å². The lowest BCUT2D eigenvalue weighted by Crippen LogP contribution is -2.40. The first-order valence-corrected chi connectivity index (χ1v) is 7.41. The zero-order valence-electron chi connectivity index (χ0n) is 11.3. The maximum Gasteiger partial charge on any atom is 0.123 e. The molecule has 1 aromatic carbocycles. The van der Waals surface area contributed by atoms with Gasteiger partial charge in [-0.2, -0.15) is 0 Å². The molecule has 0 radical (unpaired) electrons. The van der Waals surface area contributed by atoms with Crippen LogP contribution in [-0.4, -0.2) is 29.7 Å². The van der Waals surface area contributed by atoms with E-state index in [0.717, 1.165) is 38.8 Å². The van der Waals surface area contributed by atoms with E-state index in [4.69, 9.17) is 0 Å². The summed E-state index contributed by atoms with van der Waals surface area (Å²) in [5, 5.41) is 9.36. The van der Waals surface area contributed by atoms with Crippen molar-refractivity contribution in [2.45, 2.75) is 38.1 Å². The minimum atomic E-state index is -0.124. The molecule has 0 spiro atoms. The molecule has 3 heteroatoms. The van der Waals surface area contributed by atoms with Crippen molar-refractivity contribution >= 4 is 0 Å². The molecular weight excluding hydrogens is 241 g/mol. The van der Waals surface area contributed by atoms with Crippen molar-refractivity contribution in [2.75, 3.05) is 19.7 Å². The Bertz CT molecular complexity index is 448. The number of fused-ring (bicyclic) bond motifs is 1. The zero-order valence-corrected chi connectivity index (χ0v) is 11.3. The Labute approximate surface area is 114 Å². The second kappa shape index (κ2) is 5.59. The number of piperidine rings is 1. The molecule has 19 heavy (non-hydrogen) atoms. The highest BCUT2D eigenvalue weighted by Gasteiger charge is 2.29. The van der Waals surface area contributed by atoms with Crippen molar-refractivity contribution < 1.29 is 9.50 Å². The molecule has 1 fully saturated rings. The summed E-state index contributed by atoms with van der Waals surface area (Å²) in [7, 11) is 0. The fourth-order valence-electron chi connectivity index (χ4n) is 3.65. The first-order valence-electron chi connectivity index (χ1n) is 7.41. The van der Waals surface area contributed by atoms with E-state index in [1.807, 2.05) is 6.07 Å². The van der Waals surface area contributed by atoms with E-state index in [2.05, 4.69) is 4.90 Å².